The number of carbonyl (C=O) groups excluding carboxylic acids is 1. The molecule has 5 nitrogen and oxygen atoms in total. The van der Waals surface area contributed by atoms with E-state index in [0.717, 1.165) is 24.8 Å². The highest BCUT2D eigenvalue weighted by Gasteiger charge is 2.56. The lowest BCUT2D eigenvalue weighted by atomic mass is 9.55. The van der Waals surface area contributed by atoms with Gasteiger partial charge < -0.3 is 20.4 Å². The highest BCUT2D eigenvalue weighted by Crippen LogP contribution is 2.59. The summed E-state index contributed by atoms with van der Waals surface area (Å²) in [6, 6.07) is 0. The van der Waals surface area contributed by atoms with Gasteiger partial charge in [-0.2, -0.15) is 0 Å². The summed E-state index contributed by atoms with van der Waals surface area (Å²) in [6.45, 7) is 8.52. The maximum atomic E-state index is 13.8. The fourth-order valence-electron chi connectivity index (χ4n) is 7.42. The molecule has 0 saturated heterocycles. The first kappa shape index (κ1) is 25.9. The molecule has 0 aliphatic heterocycles. The molecule has 0 aromatic rings. The molecule has 0 bridgehead atoms. The van der Waals surface area contributed by atoms with E-state index in [1.165, 1.54) is 0 Å². The molecule has 0 radical (unpaired) electrons. The molecule has 0 unspecified atom stereocenters. The smallest absolute Gasteiger partial charge is 0.146 e. The summed E-state index contributed by atoms with van der Waals surface area (Å²) in [5.74, 6) is 0.719. The van der Waals surface area contributed by atoms with Crippen molar-refractivity contribution in [3.63, 3.8) is 0 Å². The molecule has 0 heterocycles. The molecule has 184 valence electrons. The predicted molar refractivity (Wildman–Crippen MR) is 126 cm³/mol. The molecule has 32 heavy (non-hydrogen) atoms. The number of Topliss-reactive ketones (excluding diaryl/α,β-unsaturated/α-hetero) is 1. The molecular formula is C27H46O5. The SMILES string of the molecule is CC(C)CC[C@H](O)[C@@H](CO)[C@H]1CC[C@@H]([C@@H]2CC=C3C[C@@H](O)CC[C@]3(C)C2=O)[C@]1(C)CCO. The van der Waals surface area contributed by atoms with Gasteiger partial charge in [0.15, 0.2) is 0 Å². The van der Waals surface area contributed by atoms with Gasteiger partial charge in [-0.25, -0.2) is 0 Å². The number of carbonyl (C=O) groups is 1. The maximum absolute atomic E-state index is 13.8. The maximum Gasteiger partial charge on any atom is 0.146 e. The van der Waals surface area contributed by atoms with Gasteiger partial charge in [-0.1, -0.05) is 32.4 Å². The molecule has 3 aliphatic carbocycles. The Bertz CT molecular complexity index is 688. The zero-order valence-corrected chi connectivity index (χ0v) is 20.6. The van der Waals surface area contributed by atoms with Crippen LogP contribution in [0.25, 0.3) is 0 Å². The number of hydrogen-bond acceptors (Lipinski definition) is 5. The number of fused-ring (bicyclic) bond motifs is 1. The van der Waals surface area contributed by atoms with Gasteiger partial charge in [0.05, 0.1) is 12.2 Å². The molecule has 0 aromatic heterocycles. The van der Waals surface area contributed by atoms with E-state index in [1.807, 2.05) is 0 Å². The number of aliphatic hydroxyl groups excluding tert-OH is 4. The molecule has 3 aliphatic rings. The first-order valence-corrected chi connectivity index (χ1v) is 12.9. The fraction of sp³-hybridized carbons (Fsp3) is 0.889. The van der Waals surface area contributed by atoms with Crippen molar-refractivity contribution in [2.75, 3.05) is 13.2 Å². The Morgan fingerprint density at radius 1 is 1.12 bits per heavy atom. The van der Waals surface area contributed by atoms with Gasteiger partial charge in [0.1, 0.15) is 5.78 Å². The average molecular weight is 451 g/mol. The molecule has 0 aromatic carbocycles. The average Bonchev–Trinajstić information content (AvgIpc) is 3.06. The Hall–Kier alpha value is -0.750. The highest BCUT2D eigenvalue weighted by atomic mass is 16.3. The molecule has 2 saturated carbocycles. The summed E-state index contributed by atoms with van der Waals surface area (Å²) >= 11 is 0. The lowest BCUT2D eigenvalue weighted by Crippen LogP contribution is -2.48. The molecule has 0 spiro atoms. The van der Waals surface area contributed by atoms with Gasteiger partial charge in [0.2, 0.25) is 0 Å². The van der Waals surface area contributed by atoms with Crippen LogP contribution >= 0.6 is 0 Å². The van der Waals surface area contributed by atoms with Crippen LogP contribution in [0.3, 0.4) is 0 Å². The van der Waals surface area contributed by atoms with Crippen LogP contribution in [0.4, 0.5) is 0 Å². The van der Waals surface area contributed by atoms with E-state index < -0.39 is 11.5 Å². The first-order valence-electron chi connectivity index (χ1n) is 12.9. The molecular weight excluding hydrogens is 404 g/mol. The van der Waals surface area contributed by atoms with Crippen LogP contribution < -0.4 is 0 Å². The summed E-state index contributed by atoms with van der Waals surface area (Å²) in [4.78, 5) is 13.8. The van der Waals surface area contributed by atoms with Gasteiger partial charge in [0, 0.05) is 30.5 Å². The second-order valence-electron chi connectivity index (χ2n) is 11.8. The summed E-state index contributed by atoms with van der Waals surface area (Å²) in [5.41, 5.74) is 0.332. The van der Waals surface area contributed by atoms with E-state index in [9.17, 15) is 25.2 Å². The number of rotatable bonds is 9. The summed E-state index contributed by atoms with van der Waals surface area (Å²) in [5, 5.41) is 41.3. The van der Waals surface area contributed by atoms with Crippen molar-refractivity contribution in [1.29, 1.82) is 0 Å². The number of hydrogen-bond donors (Lipinski definition) is 4. The predicted octanol–water partition coefficient (Wildman–Crippen LogP) is 3.87. The highest BCUT2D eigenvalue weighted by molar-refractivity contribution is 5.91. The molecule has 4 N–H and O–H groups in total. The second kappa shape index (κ2) is 10.2. The van der Waals surface area contributed by atoms with Crippen molar-refractivity contribution in [2.45, 2.75) is 97.7 Å². The lowest BCUT2D eigenvalue weighted by Gasteiger charge is -2.48. The minimum Gasteiger partial charge on any atom is -0.396 e. The van der Waals surface area contributed by atoms with Crippen molar-refractivity contribution in [2.24, 2.45) is 40.4 Å². The van der Waals surface area contributed by atoms with Gasteiger partial charge in [-0.3, -0.25) is 4.79 Å². The Morgan fingerprint density at radius 3 is 2.47 bits per heavy atom. The summed E-state index contributed by atoms with van der Waals surface area (Å²) in [7, 11) is 0. The molecule has 3 rings (SSSR count). The Morgan fingerprint density at radius 2 is 1.84 bits per heavy atom. The van der Waals surface area contributed by atoms with Crippen LogP contribution in [-0.2, 0) is 4.79 Å². The standard InChI is InChI=1S/C27H46O5/c1-17(2)5-10-24(31)21(16-29)23-9-8-22(27(23,4)13-14-28)20-7-6-18-15-19(30)11-12-26(18,3)25(20)32/h6,17,19-24,28-31H,5,7-16H2,1-4H3/t19-,20-,21-,22-,23+,24-,26-,27-/m0/s1. The minimum absolute atomic E-state index is 0.0508. The van der Waals surface area contributed by atoms with E-state index >= 15 is 0 Å². The third-order valence-electron chi connectivity index (χ3n) is 9.52. The van der Waals surface area contributed by atoms with Crippen LogP contribution in [0.1, 0.15) is 85.5 Å². The van der Waals surface area contributed by atoms with E-state index in [1.54, 1.807) is 0 Å². The number of allylic oxidation sites excluding steroid dienone is 1. The molecule has 0 amide bonds. The minimum atomic E-state index is -0.560. The van der Waals surface area contributed by atoms with Crippen LogP contribution in [0.5, 0.6) is 0 Å². The first-order chi connectivity index (χ1) is 15.1. The Balaban J connectivity index is 1.85. The van der Waals surface area contributed by atoms with Crippen LogP contribution in [0, 0.1) is 40.4 Å². The Labute approximate surface area is 194 Å². The van der Waals surface area contributed by atoms with Crippen LogP contribution in [0.15, 0.2) is 11.6 Å². The van der Waals surface area contributed by atoms with E-state index in [0.29, 0.717) is 50.2 Å². The molecule has 8 atom stereocenters. The van der Waals surface area contributed by atoms with Gasteiger partial charge in [0.25, 0.3) is 0 Å². The van der Waals surface area contributed by atoms with E-state index in [-0.39, 0.29) is 48.4 Å². The zero-order valence-electron chi connectivity index (χ0n) is 20.6. The van der Waals surface area contributed by atoms with Gasteiger partial charge in [-0.05, 0) is 87.9 Å². The fourth-order valence-corrected chi connectivity index (χ4v) is 7.42. The van der Waals surface area contributed by atoms with E-state index in [2.05, 4.69) is 33.8 Å². The van der Waals surface area contributed by atoms with Crippen LogP contribution in [-0.4, -0.2) is 51.6 Å². The molecule has 5 heteroatoms. The third kappa shape index (κ3) is 4.73. The topological polar surface area (TPSA) is 98.0 Å². The Kier molecular flexibility index (Phi) is 8.28. The number of aliphatic hydroxyl groups is 4. The summed E-state index contributed by atoms with van der Waals surface area (Å²) in [6.07, 6.45) is 7.94. The third-order valence-corrected chi connectivity index (χ3v) is 9.52. The van der Waals surface area contributed by atoms with Crippen molar-refractivity contribution in [1.82, 2.24) is 0 Å². The van der Waals surface area contributed by atoms with Crippen molar-refractivity contribution in [3.8, 4) is 0 Å². The van der Waals surface area contributed by atoms with Crippen molar-refractivity contribution >= 4 is 5.78 Å². The molecule has 2 fully saturated rings. The normalized spacial score (nSPS) is 39.7. The monoisotopic (exact) mass is 450 g/mol. The van der Waals surface area contributed by atoms with Crippen LogP contribution in [0.2, 0.25) is 0 Å². The zero-order chi connectivity index (χ0) is 23.7. The van der Waals surface area contributed by atoms with Crippen molar-refractivity contribution < 1.29 is 25.2 Å². The van der Waals surface area contributed by atoms with Gasteiger partial charge >= 0.3 is 0 Å². The lowest BCUT2D eigenvalue weighted by molar-refractivity contribution is -0.137. The largest absolute Gasteiger partial charge is 0.396 e. The van der Waals surface area contributed by atoms with E-state index in [4.69, 9.17) is 0 Å². The quantitative estimate of drug-likeness (QED) is 0.400. The van der Waals surface area contributed by atoms with Gasteiger partial charge in [-0.15, -0.1) is 0 Å². The van der Waals surface area contributed by atoms with Crippen molar-refractivity contribution in [3.05, 3.63) is 11.6 Å². The second-order valence-corrected chi connectivity index (χ2v) is 11.8. The summed E-state index contributed by atoms with van der Waals surface area (Å²) < 4.78 is 0. The number of ketones is 1.